The number of ether oxygens (including phenoxy) is 1. The summed E-state index contributed by atoms with van der Waals surface area (Å²) in [5, 5.41) is 10.5. The first kappa shape index (κ1) is 16.1. The Morgan fingerprint density at radius 3 is 2.69 bits per heavy atom. The van der Waals surface area contributed by atoms with Gasteiger partial charge in [0.05, 0.1) is 0 Å². The monoisotopic (exact) mass is 360 g/mol. The Morgan fingerprint density at radius 2 is 2.25 bits per heavy atom. The molecule has 1 N–H and O–H groups in total. The van der Waals surface area contributed by atoms with Crippen molar-refractivity contribution >= 4 is 41.5 Å². The van der Waals surface area contributed by atoms with Gasteiger partial charge in [0.15, 0.2) is 0 Å². The molecule has 0 rings (SSSR count). The van der Waals surface area contributed by atoms with Gasteiger partial charge in [-0.2, -0.15) is 0 Å². The summed E-state index contributed by atoms with van der Waals surface area (Å²) in [6, 6.07) is -0.482. The molecule has 1 radical (unpaired) electrons. The van der Waals surface area contributed by atoms with Gasteiger partial charge in [0.1, 0.15) is 0 Å². The first-order chi connectivity index (χ1) is 7.56. The van der Waals surface area contributed by atoms with Crippen LogP contribution in [0.3, 0.4) is 0 Å². The summed E-state index contributed by atoms with van der Waals surface area (Å²) in [5.74, 6) is 1.78. The van der Waals surface area contributed by atoms with Crippen LogP contribution in [0.4, 0.5) is 0 Å². The summed E-state index contributed by atoms with van der Waals surface area (Å²) in [4.78, 5) is 15.6. The van der Waals surface area contributed by atoms with Gasteiger partial charge in [-0.05, 0) is 0 Å². The summed E-state index contributed by atoms with van der Waals surface area (Å²) in [5.41, 5.74) is 0. The number of aliphatic hydroxyl groups is 1. The van der Waals surface area contributed by atoms with Crippen LogP contribution in [-0.2, 0) is 9.53 Å². The van der Waals surface area contributed by atoms with Crippen molar-refractivity contribution in [1.29, 1.82) is 0 Å². The Bertz CT molecular complexity index is 246. The summed E-state index contributed by atoms with van der Waals surface area (Å²) < 4.78 is 5.18. The number of aliphatic imine (C=N–C) groups is 1. The maximum atomic E-state index is 11.4. The van der Waals surface area contributed by atoms with E-state index in [0.717, 1.165) is 5.32 Å². The third-order valence-corrected chi connectivity index (χ3v) is 4.17. The Labute approximate surface area is 111 Å². The van der Waals surface area contributed by atoms with E-state index in [9.17, 15) is 9.90 Å². The van der Waals surface area contributed by atoms with Crippen LogP contribution in [0.1, 0.15) is 19.8 Å². The normalized spacial score (nSPS) is 15.6. The van der Waals surface area contributed by atoms with Gasteiger partial charge in [-0.25, -0.2) is 0 Å². The molecule has 0 aromatic heterocycles. The second-order valence-electron chi connectivity index (χ2n) is 3.21. The predicted octanol–water partition coefficient (Wildman–Crippen LogP) is 0.427. The summed E-state index contributed by atoms with van der Waals surface area (Å²) >= 11 is 3.23. The van der Waals surface area contributed by atoms with Crippen molar-refractivity contribution < 1.29 is 14.6 Å². The predicted molar refractivity (Wildman–Crippen MR) is 66.3 cm³/mol. The van der Waals surface area contributed by atoms with Gasteiger partial charge < -0.3 is 0 Å². The second-order valence-corrected chi connectivity index (χ2v) is 6.16. The van der Waals surface area contributed by atoms with Crippen LogP contribution in [0.5, 0.6) is 0 Å². The van der Waals surface area contributed by atoms with Gasteiger partial charge in [-0.1, -0.05) is 0 Å². The molecule has 0 spiro atoms. The molecule has 0 aliphatic heterocycles. The molecule has 0 heterocycles. The van der Waals surface area contributed by atoms with Crippen molar-refractivity contribution in [3.63, 3.8) is 0 Å². The number of carbonyl (C=O) groups is 1. The minimum absolute atomic E-state index is 0.333. The van der Waals surface area contributed by atoms with Gasteiger partial charge in [-0.3, -0.25) is 0 Å². The Kier molecular flexibility index (Phi) is 9.28. The number of carbonyl (C=O) groups excluding carboxylic acids is 1. The van der Waals surface area contributed by atoms with Crippen LogP contribution in [0.15, 0.2) is 4.99 Å². The zero-order valence-corrected chi connectivity index (χ0v) is 13.2. The molecule has 0 saturated heterocycles. The zero-order valence-electron chi connectivity index (χ0n) is 9.80. The van der Waals surface area contributed by atoms with Crippen LogP contribution in [0, 0.1) is 0 Å². The average molecular weight is 358 g/mol. The van der Waals surface area contributed by atoms with Crippen LogP contribution in [0.25, 0.3) is 0 Å². The Morgan fingerprint density at radius 1 is 1.62 bits per heavy atom. The minimum atomic E-state index is -0.612. The van der Waals surface area contributed by atoms with E-state index in [0.29, 0.717) is 32.4 Å². The van der Waals surface area contributed by atoms with Crippen molar-refractivity contribution in [3.8, 4) is 0 Å². The molecule has 0 saturated carbocycles. The van der Waals surface area contributed by atoms with Crippen LogP contribution in [-0.4, -0.2) is 65.9 Å². The molecule has 0 fully saturated rings. The number of hydrogen-bond donors (Lipinski definition) is 1. The number of aliphatic hydroxyl groups excluding tert-OH is 1. The van der Waals surface area contributed by atoms with Crippen LogP contribution in [0.2, 0.25) is 11.1 Å². The summed E-state index contributed by atoms with van der Waals surface area (Å²) in [7, 11) is 1.36. The number of esters is 1. The van der Waals surface area contributed by atoms with E-state index >= 15 is 0 Å². The van der Waals surface area contributed by atoms with E-state index in [2.05, 4.69) is 31.6 Å². The molecule has 0 unspecified atom stereocenters. The molecular weight excluding hydrogens is 340 g/mol. The fourth-order valence-corrected chi connectivity index (χ4v) is 2.59. The fourth-order valence-electron chi connectivity index (χ4n) is 1.01. The topological polar surface area (TPSA) is 58.9 Å². The van der Waals surface area contributed by atoms with E-state index in [1.165, 1.54) is 7.11 Å². The molecule has 6 heteroatoms. The molecule has 0 aliphatic carbocycles. The SMILES string of the molecule is CC[C@@H](O)C([Se])=N[C@@H](CC[Se]C)C(=O)OC. The van der Waals surface area contributed by atoms with Crippen molar-refractivity contribution in [3.05, 3.63) is 0 Å². The van der Waals surface area contributed by atoms with Crippen molar-refractivity contribution in [2.24, 2.45) is 4.99 Å². The number of methoxy groups -OCH3 is 1. The van der Waals surface area contributed by atoms with Gasteiger partial charge in [-0.15, -0.1) is 0 Å². The summed E-state index contributed by atoms with van der Waals surface area (Å²) in [6.07, 6.45) is 0.654. The molecule has 93 valence electrons. The van der Waals surface area contributed by atoms with E-state index in [-0.39, 0.29) is 5.97 Å². The molecule has 2 atom stereocenters. The maximum absolute atomic E-state index is 11.4. The molecule has 0 aromatic rings. The number of rotatable bonds is 7. The Hall–Kier alpha value is 0.139. The zero-order chi connectivity index (χ0) is 12.6. The first-order valence-corrected chi connectivity index (χ1v) is 8.84. The van der Waals surface area contributed by atoms with Gasteiger partial charge >= 0.3 is 111 Å². The van der Waals surface area contributed by atoms with Crippen molar-refractivity contribution in [2.75, 3.05) is 7.11 Å². The van der Waals surface area contributed by atoms with Crippen molar-refractivity contribution in [2.45, 2.75) is 43.1 Å². The van der Waals surface area contributed by atoms with Gasteiger partial charge in [0, 0.05) is 0 Å². The molecule has 0 aliphatic rings. The van der Waals surface area contributed by atoms with Crippen molar-refractivity contribution in [1.82, 2.24) is 0 Å². The van der Waals surface area contributed by atoms with Crippen LogP contribution < -0.4 is 0 Å². The quantitative estimate of drug-likeness (QED) is 0.408. The fraction of sp³-hybridized carbons (Fsp3) is 0.800. The molecule has 0 aromatic carbocycles. The van der Waals surface area contributed by atoms with Gasteiger partial charge in [0.2, 0.25) is 0 Å². The van der Waals surface area contributed by atoms with E-state index < -0.39 is 12.1 Å². The second kappa shape index (κ2) is 9.20. The van der Waals surface area contributed by atoms with E-state index in [1.807, 2.05) is 6.92 Å². The number of nitrogens with zero attached hydrogens (tertiary/aromatic N) is 1. The third-order valence-electron chi connectivity index (χ3n) is 2.02. The van der Waals surface area contributed by atoms with E-state index in [4.69, 9.17) is 0 Å². The Balaban J connectivity index is 4.56. The standard InChI is InChI=1S/C10H18NO3Se2/c1-4-8(12)9(15)11-7(5-6-16-3)10(13)14-2/h7-8,12H,4-6H2,1-3H3/t7-,8+/m0/s1. The summed E-state index contributed by atoms with van der Waals surface area (Å²) in [6.45, 7) is 1.86. The average Bonchev–Trinajstić information content (AvgIpc) is 2.31. The molecule has 16 heavy (non-hydrogen) atoms. The third kappa shape index (κ3) is 6.02. The van der Waals surface area contributed by atoms with Crippen LogP contribution >= 0.6 is 0 Å². The number of hydrogen-bond acceptors (Lipinski definition) is 4. The molecular formula is C10H18NO3Se2. The van der Waals surface area contributed by atoms with E-state index in [1.54, 1.807) is 0 Å². The molecule has 0 amide bonds. The molecule has 4 nitrogen and oxygen atoms in total. The van der Waals surface area contributed by atoms with Gasteiger partial charge in [0.25, 0.3) is 0 Å². The molecule has 0 bridgehead atoms. The first-order valence-electron chi connectivity index (χ1n) is 5.06.